The van der Waals surface area contributed by atoms with E-state index in [1.807, 2.05) is 13.8 Å². The third-order valence-electron chi connectivity index (χ3n) is 1.85. The van der Waals surface area contributed by atoms with Crippen molar-refractivity contribution in [1.82, 2.24) is 4.98 Å². The summed E-state index contributed by atoms with van der Waals surface area (Å²) in [5, 5.41) is 0.682. The molecule has 15 heavy (non-hydrogen) atoms. The van der Waals surface area contributed by atoms with Gasteiger partial charge in [-0.1, -0.05) is 11.6 Å². The van der Waals surface area contributed by atoms with E-state index in [0.29, 0.717) is 24.8 Å². The van der Waals surface area contributed by atoms with E-state index in [1.54, 1.807) is 18.3 Å². The number of hydrogen-bond acceptors (Lipinski definition) is 3. The predicted molar refractivity (Wildman–Crippen MR) is 60.0 cm³/mol. The maximum Gasteiger partial charge on any atom is 0.0893 e. The first kappa shape index (κ1) is 12.4. The largest absolute Gasteiger partial charge is 0.379 e. The molecule has 0 radical (unpaired) electrons. The van der Waals surface area contributed by atoms with Crippen molar-refractivity contribution in [2.24, 2.45) is 0 Å². The van der Waals surface area contributed by atoms with Gasteiger partial charge in [0.05, 0.1) is 25.0 Å². The number of rotatable bonds is 6. The second-order valence-corrected chi connectivity index (χ2v) is 3.68. The molecule has 1 rings (SSSR count). The van der Waals surface area contributed by atoms with Crippen molar-refractivity contribution in [1.29, 1.82) is 0 Å². The zero-order valence-corrected chi connectivity index (χ0v) is 9.83. The molecule has 0 saturated carbocycles. The van der Waals surface area contributed by atoms with Gasteiger partial charge in [0.1, 0.15) is 0 Å². The average Bonchev–Trinajstić information content (AvgIpc) is 2.23. The van der Waals surface area contributed by atoms with E-state index < -0.39 is 0 Å². The van der Waals surface area contributed by atoms with Crippen LogP contribution in [0.3, 0.4) is 0 Å². The minimum Gasteiger partial charge on any atom is -0.379 e. The monoisotopic (exact) mass is 229 g/mol. The van der Waals surface area contributed by atoms with E-state index in [0.717, 1.165) is 5.69 Å². The summed E-state index contributed by atoms with van der Waals surface area (Å²) >= 11 is 5.82. The molecule has 84 valence electrons. The van der Waals surface area contributed by atoms with Crippen LogP contribution in [0.15, 0.2) is 18.3 Å². The van der Waals surface area contributed by atoms with E-state index in [4.69, 9.17) is 21.1 Å². The Morgan fingerprint density at radius 1 is 1.53 bits per heavy atom. The maximum absolute atomic E-state index is 5.82. The Hall–Kier alpha value is -0.640. The fourth-order valence-electron chi connectivity index (χ4n) is 1.09. The summed E-state index contributed by atoms with van der Waals surface area (Å²) in [6.07, 6.45) is 1.75. The molecule has 1 aromatic heterocycles. The Labute approximate surface area is 95.4 Å². The van der Waals surface area contributed by atoms with E-state index in [2.05, 4.69) is 4.98 Å². The molecule has 1 aromatic rings. The minimum absolute atomic E-state index is 0.0748. The van der Waals surface area contributed by atoms with E-state index >= 15 is 0 Å². The van der Waals surface area contributed by atoms with Gasteiger partial charge in [-0.15, -0.1) is 0 Å². The summed E-state index contributed by atoms with van der Waals surface area (Å²) in [4.78, 5) is 4.14. The molecule has 0 aromatic carbocycles. The lowest BCUT2D eigenvalue weighted by molar-refractivity contribution is -0.0127. The highest BCUT2D eigenvalue weighted by Gasteiger charge is 2.03. The minimum atomic E-state index is 0.0748. The van der Waals surface area contributed by atoms with Crippen LogP contribution in [0.25, 0.3) is 0 Å². The van der Waals surface area contributed by atoms with Gasteiger partial charge >= 0.3 is 0 Å². The first-order chi connectivity index (χ1) is 7.22. The summed E-state index contributed by atoms with van der Waals surface area (Å²) in [6.45, 7) is 5.72. The quantitative estimate of drug-likeness (QED) is 0.752. The summed E-state index contributed by atoms with van der Waals surface area (Å²) in [5.41, 5.74) is 0.839. The van der Waals surface area contributed by atoms with Crippen molar-refractivity contribution in [2.45, 2.75) is 26.6 Å². The molecule has 0 bridgehead atoms. The molecule has 0 aliphatic rings. The summed E-state index contributed by atoms with van der Waals surface area (Å²) < 4.78 is 10.8. The fourth-order valence-corrected chi connectivity index (χ4v) is 1.27. The Morgan fingerprint density at radius 3 is 3.00 bits per heavy atom. The van der Waals surface area contributed by atoms with Crippen molar-refractivity contribution >= 4 is 11.6 Å². The molecular formula is C11H16ClNO2. The van der Waals surface area contributed by atoms with Gasteiger partial charge in [-0.25, -0.2) is 0 Å². The second-order valence-electron chi connectivity index (χ2n) is 3.25. The zero-order chi connectivity index (χ0) is 11.1. The summed E-state index contributed by atoms with van der Waals surface area (Å²) in [5.74, 6) is 0. The molecular weight excluding hydrogens is 214 g/mol. The molecule has 3 nitrogen and oxygen atoms in total. The van der Waals surface area contributed by atoms with Gasteiger partial charge in [-0.05, 0) is 26.0 Å². The number of hydrogen-bond donors (Lipinski definition) is 0. The third kappa shape index (κ3) is 5.11. The molecule has 0 N–H and O–H groups in total. The van der Waals surface area contributed by atoms with Gasteiger partial charge in [0.25, 0.3) is 0 Å². The standard InChI is InChI=1S/C11H16ClNO2/c1-3-14-7-9(2)15-8-11-6-10(12)4-5-13-11/h4-6,9H,3,7-8H2,1-2H3. The van der Waals surface area contributed by atoms with E-state index in [-0.39, 0.29) is 6.10 Å². The van der Waals surface area contributed by atoms with Crippen LogP contribution in [0.4, 0.5) is 0 Å². The SMILES string of the molecule is CCOCC(C)OCc1cc(Cl)ccn1. The second kappa shape index (κ2) is 6.77. The molecule has 1 unspecified atom stereocenters. The molecule has 0 amide bonds. The van der Waals surface area contributed by atoms with Crippen molar-refractivity contribution in [2.75, 3.05) is 13.2 Å². The topological polar surface area (TPSA) is 31.4 Å². The van der Waals surface area contributed by atoms with Gasteiger partial charge in [0, 0.05) is 17.8 Å². The highest BCUT2D eigenvalue weighted by atomic mass is 35.5. The van der Waals surface area contributed by atoms with Crippen LogP contribution in [0.1, 0.15) is 19.5 Å². The molecule has 1 heterocycles. The molecule has 0 saturated heterocycles. The molecule has 4 heteroatoms. The smallest absolute Gasteiger partial charge is 0.0893 e. The highest BCUT2D eigenvalue weighted by Crippen LogP contribution is 2.09. The van der Waals surface area contributed by atoms with Crippen LogP contribution in [-0.2, 0) is 16.1 Å². The van der Waals surface area contributed by atoms with Crippen LogP contribution >= 0.6 is 11.6 Å². The van der Waals surface area contributed by atoms with Gasteiger partial charge < -0.3 is 9.47 Å². The average molecular weight is 230 g/mol. The van der Waals surface area contributed by atoms with Crippen molar-refractivity contribution in [3.8, 4) is 0 Å². The van der Waals surface area contributed by atoms with Gasteiger partial charge in [-0.3, -0.25) is 4.98 Å². The first-order valence-electron chi connectivity index (χ1n) is 5.02. The molecule has 0 spiro atoms. The molecule has 1 atom stereocenters. The lowest BCUT2D eigenvalue weighted by Gasteiger charge is -2.12. The Morgan fingerprint density at radius 2 is 2.33 bits per heavy atom. The van der Waals surface area contributed by atoms with Gasteiger partial charge in [-0.2, -0.15) is 0 Å². The van der Waals surface area contributed by atoms with E-state index in [1.165, 1.54) is 0 Å². The lowest BCUT2D eigenvalue weighted by atomic mass is 10.3. The van der Waals surface area contributed by atoms with Crippen LogP contribution < -0.4 is 0 Å². The number of halogens is 1. The van der Waals surface area contributed by atoms with Crippen molar-refractivity contribution < 1.29 is 9.47 Å². The van der Waals surface area contributed by atoms with Gasteiger partial charge in [0.15, 0.2) is 0 Å². The van der Waals surface area contributed by atoms with Crippen molar-refractivity contribution in [3.05, 3.63) is 29.0 Å². The predicted octanol–water partition coefficient (Wildman–Crippen LogP) is 2.68. The van der Waals surface area contributed by atoms with Crippen molar-refractivity contribution in [3.63, 3.8) is 0 Å². The fraction of sp³-hybridized carbons (Fsp3) is 0.545. The Kier molecular flexibility index (Phi) is 5.61. The Bertz CT molecular complexity index is 294. The van der Waals surface area contributed by atoms with Crippen LogP contribution in [-0.4, -0.2) is 24.3 Å². The first-order valence-corrected chi connectivity index (χ1v) is 5.40. The summed E-state index contributed by atoms with van der Waals surface area (Å²) in [7, 11) is 0. The van der Waals surface area contributed by atoms with E-state index in [9.17, 15) is 0 Å². The van der Waals surface area contributed by atoms with Crippen LogP contribution in [0.2, 0.25) is 5.02 Å². The van der Waals surface area contributed by atoms with Crippen LogP contribution in [0, 0.1) is 0 Å². The zero-order valence-electron chi connectivity index (χ0n) is 9.07. The van der Waals surface area contributed by atoms with Crippen LogP contribution in [0.5, 0.6) is 0 Å². The molecule has 0 fully saturated rings. The number of ether oxygens (including phenoxy) is 2. The molecule has 0 aliphatic heterocycles. The van der Waals surface area contributed by atoms with Gasteiger partial charge in [0.2, 0.25) is 0 Å². The maximum atomic E-state index is 5.82. The Balaban J connectivity index is 2.30. The normalized spacial score (nSPS) is 12.7. The number of pyridine rings is 1. The highest BCUT2D eigenvalue weighted by molar-refractivity contribution is 6.30. The number of nitrogens with zero attached hydrogens (tertiary/aromatic N) is 1. The third-order valence-corrected chi connectivity index (χ3v) is 2.09. The number of aromatic nitrogens is 1. The summed E-state index contributed by atoms with van der Waals surface area (Å²) in [6, 6.07) is 3.55. The lowest BCUT2D eigenvalue weighted by Crippen LogP contribution is -2.16. The molecule has 0 aliphatic carbocycles.